The Balaban J connectivity index is 2.76. The number of rotatable bonds is 5. The molecular formula is C13H18O2S. The number of benzene rings is 1. The first-order valence-electron chi connectivity index (χ1n) is 5.53. The van der Waals surface area contributed by atoms with Gasteiger partial charge in [0.25, 0.3) is 0 Å². The van der Waals surface area contributed by atoms with Crippen molar-refractivity contribution >= 4 is 9.84 Å². The predicted octanol–water partition coefficient (Wildman–Crippen LogP) is 2.99. The summed E-state index contributed by atoms with van der Waals surface area (Å²) in [5.74, 6) is 0.158. The molecule has 0 amide bonds. The van der Waals surface area contributed by atoms with Gasteiger partial charge >= 0.3 is 0 Å². The van der Waals surface area contributed by atoms with Crippen molar-refractivity contribution < 1.29 is 8.42 Å². The average Bonchev–Trinajstić information content (AvgIpc) is 2.30. The van der Waals surface area contributed by atoms with Gasteiger partial charge in [-0.2, -0.15) is 0 Å². The van der Waals surface area contributed by atoms with Crippen molar-refractivity contribution in [2.24, 2.45) is 0 Å². The van der Waals surface area contributed by atoms with Crippen molar-refractivity contribution in [1.29, 1.82) is 0 Å². The Kier molecular flexibility index (Phi) is 4.74. The van der Waals surface area contributed by atoms with E-state index in [0.29, 0.717) is 4.90 Å². The zero-order chi connectivity index (χ0) is 12.0. The van der Waals surface area contributed by atoms with Crippen LogP contribution in [0, 0.1) is 0 Å². The summed E-state index contributed by atoms with van der Waals surface area (Å²) in [5, 5.41) is 0. The van der Waals surface area contributed by atoms with Crippen LogP contribution in [0.1, 0.15) is 25.8 Å². The Hall–Kier alpha value is -1.09. The summed E-state index contributed by atoms with van der Waals surface area (Å²) in [6.07, 6.45) is 6.08. The monoisotopic (exact) mass is 238 g/mol. The molecule has 0 unspecified atom stereocenters. The highest BCUT2D eigenvalue weighted by Gasteiger charge is 2.10. The molecule has 0 fully saturated rings. The normalized spacial score (nSPS) is 12.1. The van der Waals surface area contributed by atoms with E-state index >= 15 is 0 Å². The molecule has 0 N–H and O–H groups in total. The van der Waals surface area contributed by atoms with Crippen LogP contribution >= 0.6 is 0 Å². The fourth-order valence-corrected chi connectivity index (χ4v) is 2.33. The summed E-state index contributed by atoms with van der Waals surface area (Å²) in [7, 11) is -3.05. The van der Waals surface area contributed by atoms with Gasteiger partial charge in [-0.25, -0.2) is 8.42 Å². The molecule has 1 aromatic rings. The summed E-state index contributed by atoms with van der Waals surface area (Å²) in [5.41, 5.74) is 1.17. The molecule has 0 saturated heterocycles. The van der Waals surface area contributed by atoms with E-state index in [1.165, 1.54) is 5.56 Å². The molecule has 0 aliphatic rings. The van der Waals surface area contributed by atoms with Gasteiger partial charge in [-0.3, -0.25) is 0 Å². The van der Waals surface area contributed by atoms with Crippen LogP contribution in [0.5, 0.6) is 0 Å². The van der Waals surface area contributed by atoms with Crippen molar-refractivity contribution in [3.05, 3.63) is 42.0 Å². The highest BCUT2D eigenvalue weighted by Crippen LogP contribution is 2.13. The molecule has 0 spiro atoms. The van der Waals surface area contributed by atoms with Gasteiger partial charge in [0.05, 0.1) is 10.6 Å². The fraction of sp³-hybridized carbons (Fsp3) is 0.385. The maximum absolute atomic E-state index is 11.6. The second-order valence-electron chi connectivity index (χ2n) is 3.66. The highest BCUT2D eigenvalue weighted by molar-refractivity contribution is 7.91. The highest BCUT2D eigenvalue weighted by atomic mass is 32.2. The Morgan fingerprint density at radius 2 is 1.81 bits per heavy atom. The SMILES string of the molecule is C/C=C\CCc1ccc(S(=O)(=O)CC)cc1. The van der Waals surface area contributed by atoms with Gasteiger partial charge in [0.15, 0.2) is 9.84 Å². The van der Waals surface area contributed by atoms with Gasteiger partial charge < -0.3 is 0 Å². The van der Waals surface area contributed by atoms with Crippen LogP contribution in [0.4, 0.5) is 0 Å². The second-order valence-corrected chi connectivity index (χ2v) is 5.93. The Bertz CT molecular complexity index is 441. The molecule has 0 radical (unpaired) electrons. The second kappa shape index (κ2) is 5.85. The zero-order valence-corrected chi connectivity index (χ0v) is 10.6. The van der Waals surface area contributed by atoms with Crippen molar-refractivity contribution in [1.82, 2.24) is 0 Å². The lowest BCUT2D eigenvalue weighted by molar-refractivity contribution is 0.597. The topological polar surface area (TPSA) is 34.1 Å². The molecule has 0 aromatic heterocycles. The minimum Gasteiger partial charge on any atom is -0.224 e. The molecule has 0 heterocycles. The quantitative estimate of drug-likeness (QED) is 0.739. The van der Waals surface area contributed by atoms with Gasteiger partial charge in [-0.05, 0) is 37.5 Å². The van der Waals surface area contributed by atoms with E-state index in [4.69, 9.17) is 0 Å². The molecule has 1 rings (SSSR count). The van der Waals surface area contributed by atoms with Crippen LogP contribution in [0.3, 0.4) is 0 Å². The third-order valence-electron chi connectivity index (χ3n) is 2.50. The van der Waals surface area contributed by atoms with Crippen LogP contribution in [-0.4, -0.2) is 14.2 Å². The Morgan fingerprint density at radius 3 is 2.31 bits per heavy atom. The molecule has 0 atom stereocenters. The van der Waals surface area contributed by atoms with E-state index in [0.717, 1.165) is 12.8 Å². The van der Waals surface area contributed by atoms with Gasteiger partial charge in [0, 0.05) is 0 Å². The zero-order valence-electron chi connectivity index (χ0n) is 9.81. The maximum atomic E-state index is 11.6. The molecule has 88 valence electrons. The van der Waals surface area contributed by atoms with Crippen LogP contribution < -0.4 is 0 Å². The standard InChI is InChI=1S/C13H18O2S/c1-3-5-6-7-12-8-10-13(11-9-12)16(14,15)4-2/h3,5,8-11H,4,6-7H2,1-2H3/b5-3-. The first-order valence-corrected chi connectivity index (χ1v) is 7.18. The van der Waals surface area contributed by atoms with Crippen LogP contribution in [0.25, 0.3) is 0 Å². The minimum absolute atomic E-state index is 0.158. The van der Waals surface area contributed by atoms with E-state index < -0.39 is 9.84 Å². The maximum Gasteiger partial charge on any atom is 0.178 e. The van der Waals surface area contributed by atoms with E-state index in [1.807, 2.05) is 25.1 Å². The van der Waals surface area contributed by atoms with Gasteiger partial charge in [-0.1, -0.05) is 31.2 Å². The molecule has 1 aromatic carbocycles. The third kappa shape index (κ3) is 3.49. The lowest BCUT2D eigenvalue weighted by Crippen LogP contribution is -2.03. The Morgan fingerprint density at radius 1 is 1.19 bits per heavy atom. The summed E-state index contributed by atoms with van der Waals surface area (Å²) < 4.78 is 23.1. The van der Waals surface area contributed by atoms with Crippen molar-refractivity contribution in [2.45, 2.75) is 31.6 Å². The van der Waals surface area contributed by atoms with E-state index in [-0.39, 0.29) is 5.75 Å². The lowest BCUT2D eigenvalue weighted by Gasteiger charge is -2.03. The summed E-state index contributed by atoms with van der Waals surface area (Å²) in [6, 6.07) is 7.19. The van der Waals surface area contributed by atoms with Crippen molar-refractivity contribution in [3.8, 4) is 0 Å². The lowest BCUT2D eigenvalue weighted by atomic mass is 10.1. The molecule has 0 aliphatic heterocycles. The first-order chi connectivity index (χ1) is 7.60. The molecule has 0 saturated carbocycles. The van der Waals surface area contributed by atoms with E-state index in [9.17, 15) is 8.42 Å². The fourth-order valence-electron chi connectivity index (χ4n) is 1.45. The van der Waals surface area contributed by atoms with Gasteiger partial charge in [0.1, 0.15) is 0 Å². The predicted molar refractivity (Wildman–Crippen MR) is 67.3 cm³/mol. The number of hydrogen-bond donors (Lipinski definition) is 0. The van der Waals surface area contributed by atoms with Crippen molar-refractivity contribution in [3.63, 3.8) is 0 Å². The first kappa shape index (κ1) is 13.0. The van der Waals surface area contributed by atoms with Crippen LogP contribution in [0.2, 0.25) is 0 Å². The average molecular weight is 238 g/mol. The van der Waals surface area contributed by atoms with Crippen LogP contribution in [-0.2, 0) is 16.3 Å². The number of aryl methyl sites for hydroxylation is 1. The van der Waals surface area contributed by atoms with Gasteiger partial charge in [0.2, 0.25) is 0 Å². The number of hydrogen-bond acceptors (Lipinski definition) is 2. The number of sulfone groups is 1. The van der Waals surface area contributed by atoms with Crippen LogP contribution in [0.15, 0.2) is 41.3 Å². The van der Waals surface area contributed by atoms with Gasteiger partial charge in [-0.15, -0.1) is 0 Å². The van der Waals surface area contributed by atoms with E-state index in [2.05, 4.69) is 6.08 Å². The molecule has 16 heavy (non-hydrogen) atoms. The smallest absolute Gasteiger partial charge is 0.178 e. The largest absolute Gasteiger partial charge is 0.224 e. The van der Waals surface area contributed by atoms with E-state index in [1.54, 1.807) is 19.1 Å². The van der Waals surface area contributed by atoms with Crippen molar-refractivity contribution in [2.75, 3.05) is 5.75 Å². The summed E-state index contributed by atoms with van der Waals surface area (Å²) in [6.45, 7) is 3.66. The Labute approximate surface area is 97.9 Å². The molecule has 2 nitrogen and oxygen atoms in total. The molecule has 3 heteroatoms. The molecule has 0 aliphatic carbocycles. The summed E-state index contributed by atoms with van der Waals surface area (Å²) >= 11 is 0. The number of allylic oxidation sites excluding steroid dienone is 2. The minimum atomic E-state index is -3.05. The third-order valence-corrected chi connectivity index (χ3v) is 4.25. The summed E-state index contributed by atoms with van der Waals surface area (Å²) in [4.78, 5) is 0.421. The molecular weight excluding hydrogens is 220 g/mol. The molecule has 0 bridgehead atoms.